The highest BCUT2D eigenvalue weighted by molar-refractivity contribution is 5.45. The Kier molecular flexibility index (Phi) is 2.97. The highest BCUT2D eigenvalue weighted by Gasteiger charge is 1.87. The van der Waals surface area contributed by atoms with Crippen LogP contribution in [0.4, 0.5) is 5.69 Å². The largest absolute Gasteiger partial charge is 0.183 e. The van der Waals surface area contributed by atoms with Crippen LogP contribution in [0.2, 0.25) is 0 Å². The summed E-state index contributed by atoms with van der Waals surface area (Å²) in [5, 5.41) is 11.6. The highest BCUT2D eigenvalue weighted by Crippen LogP contribution is 2.11. The van der Waals surface area contributed by atoms with Crippen LogP contribution in [-0.4, -0.2) is 0 Å². The summed E-state index contributed by atoms with van der Waals surface area (Å²) in [6.45, 7) is 0. The average Bonchev–Trinajstić information content (AvgIpc) is 2.17. The summed E-state index contributed by atoms with van der Waals surface area (Å²) < 4.78 is 0. The van der Waals surface area contributed by atoms with Crippen molar-refractivity contribution in [2.75, 3.05) is 0 Å². The first-order valence-corrected chi connectivity index (χ1v) is 3.42. The molecule has 0 amide bonds. The van der Waals surface area contributed by atoms with Gasteiger partial charge in [-0.05, 0) is 17.7 Å². The molecule has 0 heterocycles. The number of rotatable bonds is 1. The molecule has 0 saturated heterocycles. The standard InChI is InChI=1S/C9H4N4/c10-7-1-2-8-3-5-9(6-4-8)12-13-11/h3-6H. The van der Waals surface area contributed by atoms with Crippen LogP contribution in [0.25, 0.3) is 10.4 Å². The zero-order valence-electron chi connectivity index (χ0n) is 6.60. The molecule has 0 saturated carbocycles. The lowest BCUT2D eigenvalue weighted by Gasteiger charge is -1.90. The Hall–Kier alpha value is -2.42. The first-order chi connectivity index (χ1) is 6.36. The van der Waals surface area contributed by atoms with Crippen molar-refractivity contribution in [1.29, 1.82) is 5.26 Å². The molecular weight excluding hydrogens is 164 g/mol. The molecule has 0 spiro atoms. The lowest BCUT2D eigenvalue weighted by atomic mass is 10.2. The second-order valence-electron chi connectivity index (χ2n) is 2.10. The second-order valence-corrected chi connectivity index (χ2v) is 2.10. The lowest BCUT2D eigenvalue weighted by molar-refractivity contribution is 1.47. The van der Waals surface area contributed by atoms with E-state index in [2.05, 4.69) is 21.9 Å². The van der Waals surface area contributed by atoms with E-state index in [1.807, 2.05) is 0 Å². The number of nitriles is 1. The van der Waals surface area contributed by atoms with E-state index in [4.69, 9.17) is 10.8 Å². The summed E-state index contributed by atoms with van der Waals surface area (Å²) in [5.74, 6) is 4.89. The molecule has 4 heteroatoms. The van der Waals surface area contributed by atoms with Crippen molar-refractivity contribution < 1.29 is 0 Å². The van der Waals surface area contributed by atoms with Crippen molar-refractivity contribution in [1.82, 2.24) is 0 Å². The number of azide groups is 1. The lowest BCUT2D eigenvalue weighted by Crippen LogP contribution is -1.70. The molecule has 0 aliphatic heterocycles. The van der Waals surface area contributed by atoms with Crippen LogP contribution < -0.4 is 0 Å². The number of benzene rings is 1. The molecule has 0 bridgehead atoms. The van der Waals surface area contributed by atoms with Gasteiger partial charge in [0, 0.05) is 22.1 Å². The van der Waals surface area contributed by atoms with E-state index in [-0.39, 0.29) is 0 Å². The van der Waals surface area contributed by atoms with Gasteiger partial charge >= 0.3 is 0 Å². The summed E-state index contributed by atoms with van der Waals surface area (Å²) >= 11 is 0. The van der Waals surface area contributed by atoms with Crippen LogP contribution in [0.5, 0.6) is 0 Å². The van der Waals surface area contributed by atoms with Crippen molar-refractivity contribution >= 4 is 5.69 Å². The van der Waals surface area contributed by atoms with Crippen LogP contribution in [0.3, 0.4) is 0 Å². The maximum atomic E-state index is 8.18. The Balaban J connectivity index is 2.95. The van der Waals surface area contributed by atoms with E-state index >= 15 is 0 Å². The van der Waals surface area contributed by atoms with Gasteiger partial charge in [0.25, 0.3) is 0 Å². The summed E-state index contributed by atoms with van der Waals surface area (Å²) in [6, 6.07) is 8.37. The predicted molar refractivity (Wildman–Crippen MR) is 47.7 cm³/mol. The summed E-state index contributed by atoms with van der Waals surface area (Å²) in [6.07, 6.45) is 0. The van der Waals surface area contributed by atoms with Crippen LogP contribution in [0, 0.1) is 23.2 Å². The van der Waals surface area contributed by atoms with Gasteiger partial charge in [0.05, 0.1) is 0 Å². The molecule has 0 N–H and O–H groups in total. The van der Waals surface area contributed by atoms with Gasteiger partial charge in [0.15, 0.2) is 6.07 Å². The third kappa shape index (κ3) is 2.59. The minimum atomic E-state index is 0.532. The van der Waals surface area contributed by atoms with Crippen LogP contribution in [-0.2, 0) is 0 Å². The maximum absolute atomic E-state index is 8.18. The Morgan fingerprint density at radius 3 is 2.54 bits per heavy atom. The van der Waals surface area contributed by atoms with Gasteiger partial charge in [-0.1, -0.05) is 23.2 Å². The maximum Gasteiger partial charge on any atom is 0.152 e. The van der Waals surface area contributed by atoms with Crippen LogP contribution in [0.1, 0.15) is 5.56 Å². The fourth-order valence-corrected chi connectivity index (χ4v) is 0.763. The van der Waals surface area contributed by atoms with Crippen molar-refractivity contribution in [3.8, 4) is 17.9 Å². The Morgan fingerprint density at radius 1 is 1.31 bits per heavy atom. The molecule has 1 rings (SSSR count). The number of hydrogen-bond donors (Lipinski definition) is 0. The second kappa shape index (κ2) is 4.46. The molecular formula is C9H4N4. The van der Waals surface area contributed by atoms with E-state index in [0.717, 1.165) is 5.56 Å². The SMILES string of the molecule is N#CC#Cc1ccc(N=[N+]=[N-])cc1. The zero-order chi connectivity index (χ0) is 9.52. The Bertz CT molecular complexity index is 435. The molecule has 1 aromatic rings. The fourth-order valence-electron chi connectivity index (χ4n) is 0.763. The molecule has 0 unspecified atom stereocenters. The van der Waals surface area contributed by atoms with Crippen LogP contribution >= 0.6 is 0 Å². The first kappa shape index (κ1) is 8.67. The third-order valence-corrected chi connectivity index (χ3v) is 1.29. The number of hydrogen-bond acceptors (Lipinski definition) is 2. The molecule has 0 atom stereocenters. The zero-order valence-corrected chi connectivity index (χ0v) is 6.60. The van der Waals surface area contributed by atoms with Crippen molar-refractivity contribution in [3.05, 3.63) is 40.3 Å². The monoisotopic (exact) mass is 168 g/mol. The van der Waals surface area contributed by atoms with Gasteiger partial charge in [-0.15, -0.1) is 0 Å². The first-order valence-electron chi connectivity index (χ1n) is 3.42. The van der Waals surface area contributed by atoms with Gasteiger partial charge in [0.1, 0.15) is 0 Å². The number of nitrogens with zero attached hydrogens (tertiary/aromatic N) is 4. The summed E-state index contributed by atoms with van der Waals surface area (Å²) in [5.41, 5.74) is 9.37. The Morgan fingerprint density at radius 2 is 2.00 bits per heavy atom. The van der Waals surface area contributed by atoms with E-state index in [9.17, 15) is 0 Å². The topological polar surface area (TPSA) is 72.5 Å². The molecule has 60 valence electrons. The predicted octanol–water partition coefficient (Wildman–Crippen LogP) is 2.50. The van der Waals surface area contributed by atoms with E-state index in [1.54, 1.807) is 30.3 Å². The van der Waals surface area contributed by atoms with E-state index in [0.29, 0.717) is 5.69 Å². The van der Waals surface area contributed by atoms with Gasteiger partial charge in [-0.3, -0.25) is 0 Å². The van der Waals surface area contributed by atoms with Crippen LogP contribution in [0.15, 0.2) is 29.4 Å². The van der Waals surface area contributed by atoms with Crippen molar-refractivity contribution in [3.63, 3.8) is 0 Å². The van der Waals surface area contributed by atoms with Gasteiger partial charge in [0.2, 0.25) is 0 Å². The van der Waals surface area contributed by atoms with Crippen molar-refractivity contribution in [2.45, 2.75) is 0 Å². The normalized spacial score (nSPS) is 7.31. The smallest absolute Gasteiger partial charge is 0.152 e. The van der Waals surface area contributed by atoms with E-state index < -0.39 is 0 Å². The molecule has 0 aliphatic rings. The molecule has 0 aromatic heterocycles. The fraction of sp³-hybridized carbons (Fsp3) is 0. The highest BCUT2D eigenvalue weighted by atomic mass is 15.1. The molecule has 4 nitrogen and oxygen atoms in total. The summed E-state index contributed by atoms with van der Waals surface area (Å²) in [4.78, 5) is 2.63. The molecule has 0 aliphatic carbocycles. The average molecular weight is 168 g/mol. The van der Waals surface area contributed by atoms with Gasteiger partial charge < -0.3 is 0 Å². The molecule has 0 radical (unpaired) electrons. The van der Waals surface area contributed by atoms with Crippen molar-refractivity contribution in [2.24, 2.45) is 5.11 Å². The van der Waals surface area contributed by atoms with Gasteiger partial charge in [-0.25, -0.2) is 0 Å². The minimum absolute atomic E-state index is 0.532. The van der Waals surface area contributed by atoms with E-state index in [1.165, 1.54) is 0 Å². The molecule has 13 heavy (non-hydrogen) atoms. The Labute approximate surface area is 75.1 Å². The quantitative estimate of drug-likeness (QED) is 0.275. The molecule has 0 fully saturated rings. The minimum Gasteiger partial charge on any atom is -0.183 e. The summed E-state index contributed by atoms with van der Waals surface area (Å²) in [7, 11) is 0. The third-order valence-electron chi connectivity index (χ3n) is 1.29. The van der Waals surface area contributed by atoms with Gasteiger partial charge in [-0.2, -0.15) is 5.26 Å². The molecule has 1 aromatic carbocycles.